The molecule has 0 radical (unpaired) electrons. The largest absolute Gasteiger partial charge is 0.477 e. The molecule has 0 heterocycles. The van der Waals surface area contributed by atoms with E-state index < -0.39 is 30.3 Å². The molecule has 0 saturated heterocycles. The Kier molecular flexibility index (Phi) is 64.2. The number of esters is 2. The van der Waals surface area contributed by atoms with E-state index in [1.807, 2.05) is 21.1 Å². The second-order valence-electron chi connectivity index (χ2n) is 23.0. The number of carbonyl (C=O) groups is 3. The normalized spacial score (nSPS) is 14.2. The van der Waals surface area contributed by atoms with Gasteiger partial charge in [-0.15, -0.1) is 0 Å². The summed E-state index contributed by atoms with van der Waals surface area (Å²) in [6.07, 6.45) is 109. The Balaban J connectivity index is 4.35. The molecule has 0 rings (SSSR count). The highest BCUT2D eigenvalue weighted by atomic mass is 16.7. The highest BCUT2D eigenvalue weighted by molar-refractivity contribution is 5.71. The maximum atomic E-state index is 12.9. The van der Waals surface area contributed by atoms with Gasteiger partial charge in [-0.25, -0.2) is 4.79 Å². The Bertz CT molecular complexity index is 2350. The van der Waals surface area contributed by atoms with Crippen molar-refractivity contribution in [3.63, 3.8) is 0 Å². The van der Waals surface area contributed by atoms with Gasteiger partial charge >= 0.3 is 17.9 Å². The average molecular weight is 1250 g/mol. The maximum Gasteiger partial charge on any atom is 0.361 e. The van der Waals surface area contributed by atoms with Crippen LogP contribution in [0.1, 0.15) is 206 Å². The number of carbonyl (C=O) groups excluding carboxylic acids is 2. The number of hydrogen-bond acceptors (Lipinski definition) is 7. The molecule has 9 nitrogen and oxygen atoms in total. The minimum atomic E-state index is -1.54. The van der Waals surface area contributed by atoms with Crippen molar-refractivity contribution in [1.82, 2.24) is 0 Å². The van der Waals surface area contributed by atoms with Gasteiger partial charge in [0, 0.05) is 12.8 Å². The summed E-state index contributed by atoms with van der Waals surface area (Å²) in [5, 5.41) is 9.74. The van der Waals surface area contributed by atoms with Gasteiger partial charge in [0.05, 0.1) is 34.4 Å². The first-order chi connectivity index (χ1) is 44.6. The van der Waals surface area contributed by atoms with Gasteiger partial charge in [0.15, 0.2) is 6.10 Å². The quantitative estimate of drug-likeness (QED) is 0.0211. The molecular weight excluding hydrogens is 1130 g/mol. The molecule has 504 valence electrons. The summed E-state index contributed by atoms with van der Waals surface area (Å²) >= 11 is 0. The number of rotatable bonds is 60. The highest BCUT2D eigenvalue weighted by Gasteiger charge is 2.25. The molecule has 0 aliphatic carbocycles. The summed E-state index contributed by atoms with van der Waals surface area (Å²) in [5.74, 6) is -2.12. The zero-order chi connectivity index (χ0) is 66.1. The molecule has 0 aliphatic heterocycles. The van der Waals surface area contributed by atoms with E-state index in [9.17, 15) is 19.5 Å². The SMILES string of the molecule is CC/C=C\C/C=C\C/C=C\C/C=C\C/C=C\C/C=C\C/C=C\C/C=C\C/C=C\C/C=C\C/C=C\CCCCCCCC(=O)OC(COC(=O)CCCC/C=C\C/C=C\C/C=C\C/C=C\C/C=C\C/C=C\C/C=C\C/C=C\CC)COC(OCC[N+](C)(C)C)C(=O)O. The van der Waals surface area contributed by atoms with Crippen LogP contribution in [0.2, 0.25) is 0 Å². The number of quaternary nitrogens is 1. The number of hydrogen-bond donors (Lipinski definition) is 1. The summed E-state index contributed by atoms with van der Waals surface area (Å²) < 4.78 is 22.9. The van der Waals surface area contributed by atoms with Gasteiger partial charge in [-0.2, -0.15) is 0 Å². The van der Waals surface area contributed by atoms with Crippen LogP contribution in [0, 0.1) is 0 Å². The van der Waals surface area contributed by atoms with Crippen LogP contribution in [0.4, 0.5) is 0 Å². The lowest BCUT2D eigenvalue weighted by Crippen LogP contribution is -2.40. The second kappa shape index (κ2) is 69.2. The predicted molar refractivity (Wildman–Crippen MR) is 391 cm³/mol. The molecule has 0 spiro atoms. The van der Waals surface area contributed by atoms with Gasteiger partial charge < -0.3 is 28.5 Å². The number of allylic oxidation sites excluding steroid dienone is 38. The molecule has 0 aromatic rings. The van der Waals surface area contributed by atoms with Gasteiger partial charge in [-0.1, -0.05) is 264 Å². The van der Waals surface area contributed by atoms with Crippen LogP contribution in [0.15, 0.2) is 231 Å². The smallest absolute Gasteiger partial charge is 0.361 e. The lowest BCUT2D eigenvalue weighted by molar-refractivity contribution is -0.870. The van der Waals surface area contributed by atoms with Crippen LogP contribution in [-0.4, -0.2) is 87.4 Å². The Hall–Kier alpha value is -6.65. The molecule has 91 heavy (non-hydrogen) atoms. The molecule has 9 heteroatoms. The first-order valence-corrected chi connectivity index (χ1v) is 34.5. The number of nitrogens with zero attached hydrogens (tertiary/aromatic N) is 1. The number of likely N-dealkylation sites (N-methyl/N-ethyl adjacent to an activating group) is 1. The summed E-state index contributed by atoms with van der Waals surface area (Å²) in [7, 11) is 5.93. The molecule has 0 amide bonds. The van der Waals surface area contributed by atoms with Crippen LogP contribution in [0.25, 0.3) is 0 Å². The Morgan fingerprint density at radius 1 is 0.330 bits per heavy atom. The summed E-state index contributed by atoms with van der Waals surface area (Å²) in [4.78, 5) is 37.6. The van der Waals surface area contributed by atoms with E-state index >= 15 is 0 Å². The maximum absolute atomic E-state index is 12.9. The minimum absolute atomic E-state index is 0.162. The van der Waals surface area contributed by atoms with Crippen molar-refractivity contribution in [2.24, 2.45) is 0 Å². The first kappa shape index (κ1) is 84.4. The van der Waals surface area contributed by atoms with Crippen LogP contribution in [0.3, 0.4) is 0 Å². The number of carboxylic acid groups (broad SMARTS) is 1. The van der Waals surface area contributed by atoms with Gasteiger partial charge in [-0.05, 0) is 161 Å². The van der Waals surface area contributed by atoms with E-state index in [-0.39, 0.29) is 32.7 Å². The Labute approximate surface area is 555 Å². The van der Waals surface area contributed by atoms with Crippen molar-refractivity contribution in [3.05, 3.63) is 231 Å². The zero-order valence-electron chi connectivity index (χ0n) is 57.4. The predicted octanol–water partition coefficient (Wildman–Crippen LogP) is 21.9. The van der Waals surface area contributed by atoms with E-state index in [1.165, 1.54) is 0 Å². The number of carboxylic acids is 1. The minimum Gasteiger partial charge on any atom is -0.477 e. The summed E-state index contributed by atoms with van der Waals surface area (Å²) in [5.41, 5.74) is 0. The molecule has 2 atom stereocenters. The topological polar surface area (TPSA) is 108 Å². The van der Waals surface area contributed by atoms with Crippen molar-refractivity contribution in [1.29, 1.82) is 0 Å². The molecule has 0 bridgehead atoms. The van der Waals surface area contributed by atoms with E-state index in [2.05, 4.69) is 245 Å². The van der Waals surface area contributed by atoms with Crippen LogP contribution in [0.5, 0.6) is 0 Å². The van der Waals surface area contributed by atoms with Crippen molar-refractivity contribution in [2.75, 3.05) is 47.5 Å². The zero-order valence-corrected chi connectivity index (χ0v) is 57.4. The van der Waals surface area contributed by atoms with Crippen molar-refractivity contribution < 1.29 is 42.9 Å². The lowest BCUT2D eigenvalue weighted by atomic mass is 10.1. The molecule has 0 aromatic carbocycles. The van der Waals surface area contributed by atoms with Gasteiger partial charge in [0.25, 0.3) is 6.29 Å². The Morgan fingerprint density at radius 3 is 0.901 bits per heavy atom. The molecule has 0 saturated carbocycles. The van der Waals surface area contributed by atoms with Crippen LogP contribution < -0.4 is 0 Å². The van der Waals surface area contributed by atoms with E-state index in [4.69, 9.17) is 18.9 Å². The second-order valence-corrected chi connectivity index (χ2v) is 23.0. The molecule has 2 unspecified atom stereocenters. The van der Waals surface area contributed by atoms with E-state index in [1.54, 1.807) is 0 Å². The molecular formula is C82H124NO8+. The van der Waals surface area contributed by atoms with E-state index in [0.717, 1.165) is 167 Å². The summed E-state index contributed by atoms with van der Waals surface area (Å²) in [6.45, 7) is 4.53. The molecule has 1 N–H and O–H groups in total. The van der Waals surface area contributed by atoms with Crippen molar-refractivity contribution in [2.45, 2.75) is 219 Å². The molecule has 0 aromatic heterocycles. The molecule has 0 aliphatic rings. The van der Waals surface area contributed by atoms with Crippen molar-refractivity contribution >= 4 is 17.9 Å². The van der Waals surface area contributed by atoms with Gasteiger partial charge in [0.1, 0.15) is 13.2 Å². The fourth-order valence-electron chi connectivity index (χ4n) is 8.21. The Morgan fingerprint density at radius 2 is 0.593 bits per heavy atom. The number of ether oxygens (including phenoxy) is 4. The monoisotopic (exact) mass is 1250 g/mol. The molecule has 0 fully saturated rings. The third kappa shape index (κ3) is 70.7. The van der Waals surface area contributed by atoms with Gasteiger partial charge in [-0.3, -0.25) is 9.59 Å². The van der Waals surface area contributed by atoms with Gasteiger partial charge in [0.2, 0.25) is 0 Å². The average Bonchev–Trinajstić information content (AvgIpc) is 3.46. The van der Waals surface area contributed by atoms with Crippen molar-refractivity contribution in [3.8, 4) is 0 Å². The number of unbranched alkanes of at least 4 members (excludes halogenated alkanes) is 7. The van der Waals surface area contributed by atoms with Crippen LogP contribution in [-0.2, 0) is 33.3 Å². The third-order valence-corrected chi connectivity index (χ3v) is 13.4. The summed E-state index contributed by atoms with van der Waals surface area (Å²) in [6, 6.07) is 0. The van der Waals surface area contributed by atoms with Crippen LogP contribution >= 0.6 is 0 Å². The number of aliphatic carboxylic acids is 1. The lowest BCUT2D eigenvalue weighted by Gasteiger charge is -2.25. The first-order valence-electron chi connectivity index (χ1n) is 34.5. The standard InChI is InChI=1S/C82H123NO8/c1-6-8-10-12-14-16-18-20-22-24-26-28-30-32-34-35-36-37-38-39-40-41-42-43-44-45-47-49-51-53-55-57-59-61-63-65-67-69-71-73-80(85)91-78(77-90-82(81(86)87)88-75-74-83(3,4)5)76-89-79(84)72-70-68-66-64-62-60-58-56-54-52-50-48-46-33-31-29-27-25-23-21-19-17-15-13-11-9-7-2/h8-11,14-17,20-23,26-29,32-34,36-37,39-40,42-43,45-47,50-53,56-59,62,64,78,82H,6-7,12-13,18-19,24-25,30-31,35,38,41,44,48-49,54-55,60-61,63,65-77H2,1-5H3/p+1/b10-8-,11-9-,16-14-,17-15-,22-20-,23-21-,28-26-,29-27-,34-32-,37-36-,40-39-,43-42-,46-33-,47-45-,52-50-,53-51-,58-56-,59-57-,64-62-. The fraction of sp³-hybridized carbons (Fsp3) is 0.500. The van der Waals surface area contributed by atoms with E-state index in [0.29, 0.717) is 23.9 Å². The highest BCUT2D eigenvalue weighted by Crippen LogP contribution is 2.12. The fourth-order valence-corrected chi connectivity index (χ4v) is 8.21. The third-order valence-electron chi connectivity index (χ3n) is 13.4.